The molecule has 0 unspecified atom stereocenters. The van der Waals surface area contributed by atoms with Crippen molar-refractivity contribution < 1.29 is 15.0 Å². The monoisotopic (exact) mass is 178 g/mol. The lowest BCUT2D eigenvalue weighted by Gasteiger charge is -1.96. The Morgan fingerprint density at radius 2 is 1.92 bits per heavy atom. The van der Waals surface area contributed by atoms with E-state index < -0.39 is 12.1 Å². The average molecular weight is 178 g/mol. The van der Waals surface area contributed by atoms with Crippen LogP contribution < -0.4 is 0 Å². The normalized spacial score (nSPS) is 13.0. The Hall–Kier alpha value is -1.61. The zero-order valence-corrected chi connectivity index (χ0v) is 6.92. The van der Waals surface area contributed by atoms with Crippen LogP contribution in [0.1, 0.15) is 5.56 Å². The van der Waals surface area contributed by atoms with E-state index in [0.29, 0.717) is 0 Å². The minimum absolute atomic E-state index is 0.864. The molecule has 0 bridgehead atoms. The minimum atomic E-state index is -1.43. The zero-order chi connectivity index (χ0) is 9.68. The van der Waals surface area contributed by atoms with Crippen LogP contribution in [0.2, 0.25) is 0 Å². The van der Waals surface area contributed by atoms with Crippen LogP contribution >= 0.6 is 0 Å². The van der Waals surface area contributed by atoms with Gasteiger partial charge >= 0.3 is 5.97 Å². The van der Waals surface area contributed by atoms with Crippen molar-refractivity contribution in [3.63, 3.8) is 0 Å². The molecule has 0 saturated carbocycles. The summed E-state index contributed by atoms with van der Waals surface area (Å²) in [5, 5.41) is 17.3. The van der Waals surface area contributed by atoms with Crippen molar-refractivity contribution >= 4 is 12.0 Å². The second-order valence-electron chi connectivity index (χ2n) is 2.55. The summed E-state index contributed by atoms with van der Waals surface area (Å²) < 4.78 is 0. The maximum atomic E-state index is 10.2. The highest BCUT2D eigenvalue weighted by Crippen LogP contribution is 2.01. The molecule has 0 fully saturated rings. The van der Waals surface area contributed by atoms with Crippen molar-refractivity contribution in [3.8, 4) is 0 Å². The van der Waals surface area contributed by atoms with Crippen molar-refractivity contribution in [2.24, 2.45) is 0 Å². The molecule has 0 heterocycles. The topological polar surface area (TPSA) is 57.5 Å². The third kappa shape index (κ3) is 3.09. The van der Waals surface area contributed by atoms with E-state index in [4.69, 9.17) is 10.2 Å². The number of hydrogen-bond acceptors (Lipinski definition) is 2. The van der Waals surface area contributed by atoms with Gasteiger partial charge in [0.2, 0.25) is 0 Å². The molecule has 13 heavy (non-hydrogen) atoms. The molecular formula is C10H10O3. The first-order valence-corrected chi connectivity index (χ1v) is 3.84. The fraction of sp³-hybridized carbons (Fsp3) is 0.100. The predicted molar refractivity (Wildman–Crippen MR) is 49.1 cm³/mol. The summed E-state index contributed by atoms with van der Waals surface area (Å²) in [7, 11) is 0. The van der Waals surface area contributed by atoms with Crippen molar-refractivity contribution in [1.29, 1.82) is 0 Å². The van der Waals surface area contributed by atoms with Gasteiger partial charge in [0.1, 0.15) is 0 Å². The van der Waals surface area contributed by atoms with Gasteiger partial charge in [0, 0.05) is 0 Å². The summed E-state index contributed by atoms with van der Waals surface area (Å²) in [6.07, 6.45) is 1.37. The van der Waals surface area contributed by atoms with Crippen molar-refractivity contribution in [3.05, 3.63) is 42.0 Å². The van der Waals surface area contributed by atoms with Gasteiger partial charge in [-0.3, -0.25) is 0 Å². The van der Waals surface area contributed by atoms with Gasteiger partial charge in [-0.05, 0) is 11.6 Å². The number of aliphatic hydroxyl groups is 1. The van der Waals surface area contributed by atoms with E-state index in [9.17, 15) is 4.79 Å². The van der Waals surface area contributed by atoms with Crippen LogP contribution in [0.3, 0.4) is 0 Å². The molecule has 1 rings (SSSR count). The molecule has 1 atom stereocenters. The molecule has 3 nitrogen and oxygen atoms in total. The Morgan fingerprint density at radius 1 is 1.31 bits per heavy atom. The standard InChI is InChI=1S/C10H10O3/c11-9(10(12)13)7-6-8-4-2-1-3-5-8/h1-7,9,11H,(H,12,13)/b7-6+/t9-/m1/s1. The molecule has 3 heteroatoms. The second kappa shape index (κ2) is 4.42. The van der Waals surface area contributed by atoms with Crippen LogP contribution in [0, 0.1) is 0 Å². The highest BCUT2D eigenvalue weighted by molar-refractivity contribution is 5.75. The van der Waals surface area contributed by atoms with Crippen molar-refractivity contribution in [1.82, 2.24) is 0 Å². The van der Waals surface area contributed by atoms with Gasteiger partial charge in [0.05, 0.1) is 0 Å². The Morgan fingerprint density at radius 3 is 2.46 bits per heavy atom. The lowest BCUT2D eigenvalue weighted by atomic mass is 10.2. The number of aliphatic hydroxyl groups excluding tert-OH is 1. The summed E-state index contributed by atoms with van der Waals surface area (Å²) in [6, 6.07) is 9.20. The van der Waals surface area contributed by atoms with E-state index in [1.165, 1.54) is 6.08 Å². The van der Waals surface area contributed by atoms with Gasteiger partial charge in [0.15, 0.2) is 6.10 Å². The third-order valence-corrected chi connectivity index (χ3v) is 1.52. The van der Waals surface area contributed by atoms with Gasteiger partial charge in [-0.2, -0.15) is 0 Å². The van der Waals surface area contributed by atoms with Crippen LogP contribution in [0.15, 0.2) is 36.4 Å². The Balaban J connectivity index is 2.64. The molecule has 0 saturated heterocycles. The number of rotatable bonds is 3. The first-order chi connectivity index (χ1) is 6.20. The van der Waals surface area contributed by atoms with Gasteiger partial charge in [-0.25, -0.2) is 4.79 Å². The second-order valence-corrected chi connectivity index (χ2v) is 2.55. The first-order valence-electron chi connectivity index (χ1n) is 3.84. The summed E-state index contributed by atoms with van der Waals surface area (Å²) in [5.74, 6) is -1.24. The number of carbonyl (C=O) groups is 1. The SMILES string of the molecule is O=C(O)[C@H](O)/C=C/c1ccccc1. The number of benzene rings is 1. The van der Waals surface area contributed by atoms with E-state index in [0.717, 1.165) is 5.56 Å². The molecule has 1 aromatic carbocycles. The molecule has 0 amide bonds. The van der Waals surface area contributed by atoms with Crippen molar-refractivity contribution in [2.45, 2.75) is 6.10 Å². The maximum absolute atomic E-state index is 10.2. The lowest BCUT2D eigenvalue weighted by Crippen LogP contribution is -2.15. The quantitative estimate of drug-likeness (QED) is 0.729. The molecule has 0 aromatic heterocycles. The average Bonchev–Trinajstić information content (AvgIpc) is 2.15. The number of carboxylic acid groups (broad SMARTS) is 1. The summed E-state index contributed by atoms with van der Waals surface area (Å²) in [6.45, 7) is 0. The fourth-order valence-corrected chi connectivity index (χ4v) is 0.849. The predicted octanol–water partition coefficient (Wildman–Crippen LogP) is 1.15. The molecule has 2 N–H and O–H groups in total. The van der Waals surface area contributed by atoms with Crippen LogP contribution in [0.5, 0.6) is 0 Å². The van der Waals surface area contributed by atoms with E-state index in [2.05, 4.69) is 0 Å². The number of hydrogen-bond donors (Lipinski definition) is 2. The number of aliphatic carboxylic acids is 1. The minimum Gasteiger partial charge on any atom is -0.479 e. The van der Waals surface area contributed by atoms with Crippen molar-refractivity contribution in [2.75, 3.05) is 0 Å². The third-order valence-electron chi connectivity index (χ3n) is 1.52. The highest BCUT2D eigenvalue weighted by atomic mass is 16.4. The van der Waals surface area contributed by atoms with Crippen LogP contribution in [-0.2, 0) is 4.79 Å². The summed E-state index contributed by atoms with van der Waals surface area (Å²) in [4.78, 5) is 10.2. The molecular weight excluding hydrogens is 168 g/mol. The Kier molecular flexibility index (Phi) is 3.23. The molecule has 0 aliphatic heterocycles. The lowest BCUT2D eigenvalue weighted by molar-refractivity contribution is -0.143. The maximum Gasteiger partial charge on any atom is 0.336 e. The summed E-state index contributed by atoms with van der Waals surface area (Å²) >= 11 is 0. The van der Waals surface area contributed by atoms with Crippen LogP contribution in [0.4, 0.5) is 0 Å². The van der Waals surface area contributed by atoms with Crippen LogP contribution in [-0.4, -0.2) is 22.3 Å². The Labute approximate surface area is 76.0 Å². The zero-order valence-electron chi connectivity index (χ0n) is 6.92. The molecule has 1 aromatic rings. The van der Waals surface area contributed by atoms with Gasteiger partial charge < -0.3 is 10.2 Å². The van der Waals surface area contributed by atoms with Gasteiger partial charge in [-0.1, -0.05) is 36.4 Å². The largest absolute Gasteiger partial charge is 0.479 e. The van der Waals surface area contributed by atoms with Crippen LogP contribution in [0.25, 0.3) is 6.08 Å². The summed E-state index contributed by atoms with van der Waals surface area (Å²) in [5.41, 5.74) is 0.864. The number of carboxylic acids is 1. The van der Waals surface area contributed by atoms with Gasteiger partial charge in [-0.15, -0.1) is 0 Å². The van der Waals surface area contributed by atoms with E-state index in [1.54, 1.807) is 6.08 Å². The molecule has 0 spiro atoms. The van der Waals surface area contributed by atoms with E-state index in [-0.39, 0.29) is 0 Å². The Bertz CT molecular complexity index is 303. The molecule has 0 radical (unpaired) electrons. The molecule has 0 aliphatic rings. The molecule has 68 valence electrons. The molecule has 0 aliphatic carbocycles. The smallest absolute Gasteiger partial charge is 0.336 e. The van der Waals surface area contributed by atoms with E-state index >= 15 is 0 Å². The van der Waals surface area contributed by atoms with Gasteiger partial charge in [0.25, 0.3) is 0 Å². The first kappa shape index (κ1) is 9.48. The highest BCUT2D eigenvalue weighted by Gasteiger charge is 2.06. The van der Waals surface area contributed by atoms with E-state index in [1.807, 2.05) is 30.3 Å². The fourth-order valence-electron chi connectivity index (χ4n) is 0.849.